The maximum Gasteiger partial charge on any atom is 0.345 e. The molecule has 7 nitrogen and oxygen atoms in total. The van der Waals surface area contributed by atoms with Crippen LogP contribution in [0.15, 0.2) is 36.4 Å². The Hall–Kier alpha value is -2.45. The van der Waals surface area contributed by atoms with Crippen LogP contribution < -0.4 is 0 Å². The molecule has 0 radical (unpaired) electrons. The summed E-state index contributed by atoms with van der Waals surface area (Å²) in [6, 6.07) is 9.00. The van der Waals surface area contributed by atoms with Gasteiger partial charge in [0.15, 0.2) is 6.61 Å². The van der Waals surface area contributed by atoms with Crippen LogP contribution in [0.4, 0.5) is 5.69 Å². The Balaban J connectivity index is 1.98. The number of halogens is 1. The Morgan fingerprint density at radius 1 is 1.28 bits per heavy atom. The van der Waals surface area contributed by atoms with Crippen molar-refractivity contribution in [2.75, 3.05) is 13.2 Å². The van der Waals surface area contributed by atoms with Gasteiger partial charge in [-0.05, 0) is 25.1 Å². The first kappa shape index (κ1) is 18.9. The van der Waals surface area contributed by atoms with Gasteiger partial charge in [-0.3, -0.25) is 14.9 Å². The van der Waals surface area contributed by atoms with Crippen molar-refractivity contribution in [2.24, 2.45) is 0 Å². The van der Waals surface area contributed by atoms with Gasteiger partial charge in [0.1, 0.15) is 5.56 Å². The molecule has 25 heavy (non-hydrogen) atoms. The molecule has 2 rings (SSSR count). The molecule has 0 spiro atoms. The molecular formula is C16H15ClN2O5S. The second-order valence-electron chi connectivity index (χ2n) is 4.96. The summed E-state index contributed by atoms with van der Waals surface area (Å²) < 4.78 is 5.58. The standard InChI is InChI=1S/C16H15ClN2O5S/c1-2-18(9-11-7-8-14(17)25-11)15(20)10-24-16(21)12-5-3-4-6-13(12)19(22)23/h3-8H,2,9-10H2,1H3. The van der Waals surface area contributed by atoms with Crippen LogP contribution in [0.5, 0.6) is 0 Å². The molecule has 0 fully saturated rings. The lowest BCUT2D eigenvalue weighted by atomic mass is 10.2. The van der Waals surface area contributed by atoms with Crippen LogP contribution >= 0.6 is 22.9 Å². The molecular weight excluding hydrogens is 368 g/mol. The Morgan fingerprint density at radius 2 is 2.00 bits per heavy atom. The third-order valence-electron chi connectivity index (χ3n) is 3.36. The van der Waals surface area contributed by atoms with Gasteiger partial charge in [0, 0.05) is 17.5 Å². The van der Waals surface area contributed by atoms with Crippen molar-refractivity contribution in [3.05, 3.63) is 61.3 Å². The Kier molecular flexibility index (Phi) is 6.49. The van der Waals surface area contributed by atoms with Crippen LogP contribution in [-0.4, -0.2) is 34.9 Å². The zero-order chi connectivity index (χ0) is 18.4. The van der Waals surface area contributed by atoms with Gasteiger partial charge in [-0.15, -0.1) is 11.3 Å². The molecule has 0 N–H and O–H groups in total. The predicted octanol–water partition coefficient (Wildman–Crippen LogP) is 3.52. The van der Waals surface area contributed by atoms with Gasteiger partial charge in [0.2, 0.25) is 0 Å². The highest BCUT2D eigenvalue weighted by atomic mass is 35.5. The summed E-state index contributed by atoms with van der Waals surface area (Å²) in [4.78, 5) is 36.9. The van der Waals surface area contributed by atoms with Gasteiger partial charge in [-0.25, -0.2) is 4.79 Å². The average Bonchev–Trinajstić information content (AvgIpc) is 3.02. The van der Waals surface area contributed by atoms with Gasteiger partial charge in [0.05, 0.1) is 15.8 Å². The molecule has 9 heteroatoms. The minimum atomic E-state index is -0.907. The van der Waals surface area contributed by atoms with E-state index in [4.69, 9.17) is 16.3 Å². The highest BCUT2D eigenvalue weighted by Crippen LogP contribution is 2.23. The highest BCUT2D eigenvalue weighted by Gasteiger charge is 2.22. The average molecular weight is 383 g/mol. The number of carbonyl (C=O) groups is 2. The van der Waals surface area contributed by atoms with Crippen LogP contribution in [0.1, 0.15) is 22.2 Å². The number of carbonyl (C=O) groups excluding carboxylic acids is 2. The van der Waals surface area contributed by atoms with Gasteiger partial charge in [0.25, 0.3) is 11.6 Å². The lowest BCUT2D eigenvalue weighted by Crippen LogP contribution is -2.33. The largest absolute Gasteiger partial charge is 0.452 e. The summed E-state index contributed by atoms with van der Waals surface area (Å²) in [5, 5.41) is 10.9. The first-order valence-corrected chi connectivity index (χ1v) is 8.54. The van der Waals surface area contributed by atoms with Crippen molar-refractivity contribution in [3.8, 4) is 0 Å². The fourth-order valence-corrected chi connectivity index (χ4v) is 3.21. The Morgan fingerprint density at radius 3 is 2.60 bits per heavy atom. The van der Waals surface area contributed by atoms with Gasteiger partial charge >= 0.3 is 5.97 Å². The van der Waals surface area contributed by atoms with E-state index in [2.05, 4.69) is 0 Å². The molecule has 0 unspecified atom stereocenters. The van der Waals surface area contributed by atoms with Crippen molar-refractivity contribution in [1.29, 1.82) is 0 Å². The van der Waals surface area contributed by atoms with E-state index in [1.807, 2.05) is 6.07 Å². The van der Waals surface area contributed by atoms with Crippen molar-refractivity contribution in [1.82, 2.24) is 4.90 Å². The summed E-state index contributed by atoms with van der Waals surface area (Å²) in [7, 11) is 0. The number of nitrogens with zero attached hydrogens (tertiary/aromatic N) is 2. The number of benzene rings is 1. The molecule has 1 aromatic heterocycles. The number of ether oxygens (including phenoxy) is 1. The third kappa shape index (κ3) is 5.01. The normalized spacial score (nSPS) is 10.3. The number of esters is 1. The Bertz CT molecular complexity index is 792. The monoisotopic (exact) mass is 382 g/mol. The molecule has 0 aliphatic rings. The molecule has 1 aromatic carbocycles. The van der Waals surface area contributed by atoms with Crippen LogP contribution in [0.25, 0.3) is 0 Å². The summed E-state index contributed by atoms with van der Waals surface area (Å²) in [5.74, 6) is -1.30. The number of likely N-dealkylation sites (N-methyl/N-ethyl adjacent to an activating group) is 1. The minimum absolute atomic E-state index is 0.187. The fraction of sp³-hybridized carbons (Fsp3) is 0.250. The number of rotatable bonds is 7. The lowest BCUT2D eigenvalue weighted by Gasteiger charge is -2.19. The first-order chi connectivity index (χ1) is 11.9. The second kappa shape index (κ2) is 8.59. The summed E-state index contributed by atoms with van der Waals surface area (Å²) >= 11 is 7.23. The van der Waals surface area contributed by atoms with E-state index in [1.165, 1.54) is 40.5 Å². The SMILES string of the molecule is CCN(Cc1ccc(Cl)s1)C(=O)COC(=O)c1ccccc1[N+](=O)[O-]. The van der Waals surface area contributed by atoms with Crippen LogP contribution in [0.2, 0.25) is 4.34 Å². The molecule has 0 bridgehead atoms. The predicted molar refractivity (Wildman–Crippen MR) is 93.8 cm³/mol. The second-order valence-corrected chi connectivity index (χ2v) is 6.76. The van der Waals surface area contributed by atoms with Gasteiger partial charge in [-0.1, -0.05) is 23.7 Å². The van der Waals surface area contributed by atoms with E-state index in [1.54, 1.807) is 13.0 Å². The van der Waals surface area contributed by atoms with E-state index in [0.717, 1.165) is 4.88 Å². The van der Waals surface area contributed by atoms with E-state index in [9.17, 15) is 19.7 Å². The Labute approximate surface area is 152 Å². The zero-order valence-corrected chi connectivity index (χ0v) is 14.9. The fourth-order valence-electron chi connectivity index (χ4n) is 2.10. The number of para-hydroxylation sites is 1. The first-order valence-electron chi connectivity index (χ1n) is 7.35. The van der Waals surface area contributed by atoms with E-state index >= 15 is 0 Å². The summed E-state index contributed by atoms with van der Waals surface area (Å²) in [6.45, 7) is 2.10. The van der Waals surface area contributed by atoms with E-state index < -0.39 is 17.5 Å². The lowest BCUT2D eigenvalue weighted by molar-refractivity contribution is -0.385. The topological polar surface area (TPSA) is 89.8 Å². The maximum absolute atomic E-state index is 12.2. The molecule has 0 saturated heterocycles. The molecule has 0 aliphatic heterocycles. The van der Waals surface area contributed by atoms with Crippen molar-refractivity contribution >= 4 is 40.5 Å². The van der Waals surface area contributed by atoms with Crippen molar-refractivity contribution < 1.29 is 19.2 Å². The van der Waals surface area contributed by atoms with Gasteiger partial charge < -0.3 is 9.64 Å². The molecule has 2 aromatic rings. The maximum atomic E-state index is 12.2. The number of thiophene rings is 1. The molecule has 0 aliphatic carbocycles. The zero-order valence-electron chi connectivity index (χ0n) is 13.3. The highest BCUT2D eigenvalue weighted by molar-refractivity contribution is 7.16. The third-order valence-corrected chi connectivity index (χ3v) is 4.57. The summed E-state index contributed by atoms with van der Waals surface area (Å²) in [6.07, 6.45) is 0. The van der Waals surface area contributed by atoms with E-state index in [-0.39, 0.29) is 17.2 Å². The number of hydrogen-bond donors (Lipinski definition) is 0. The molecule has 0 atom stereocenters. The molecule has 0 saturated carbocycles. The van der Waals surface area contributed by atoms with Crippen LogP contribution in [0, 0.1) is 10.1 Å². The summed E-state index contributed by atoms with van der Waals surface area (Å²) in [5.41, 5.74) is -0.547. The molecule has 1 heterocycles. The smallest absolute Gasteiger partial charge is 0.345 e. The minimum Gasteiger partial charge on any atom is -0.452 e. The van der Waals surface area contributed by atoms with Crippen molar-refractivity contribution in [2.45, 2.75) is 13.5 Å². The van der Waals surface area contributed by atoms with E-state index in [0.29, 0.717) is 17.4 Å². The number of nitro benzene ring substituents is 1. The quantitative estimate of drug-likeness (QED) is 0.415. The van der Waals surface area contributed by atoms with Crippen LogP contribution in [-0.2, 0) is 16.1 Å². The van der Waals surface area contributed by atoms with Crippen LogP contribution in [0.3, 0.4) is 0 Å². The number of amides is 1. The van der Waals surface area contributed by atoms with Crippen molar-refractivity contribution in [3.63, 3.8) is 0 Å². The molecule has 1 amide bonds. The number of nitro groups is 1. The van der Waals surface area contributed by atoms with Gasteiger partial charge in [-0.2, -0.15) is 0 Å². The molecule has 132 valence electrons. The number of hydrogen-bond acceptors (Lipinski definition) is 6.